The zero-order valence-corrected chi connectivity index (χ0v) is 14.1. The zero-order valence-electron chi connectivity index (χ0n) is 13.3. The molecule has 2 aromatic heterocycles. The van der Waals surface area contributed by atoms with Crippen molar-refractivity contribution in [1.29, 1.82) is 0 Å². The molecule has 1 amide bonds. The minimum Gasteiger partial charge on any atom is -0.497 e. The highest BCUT2D eigenvalue weighted by Crippen LogP contribution is 2.25. The van der Waals surface area contributed by atoms with Crippen molar-refractivity contribution in [2.45, 2.75) is 19.4 Å². The van der Waals surface area contributed by atoms with Crippen LogP contribution < -0.4 is 10.1 Å². The summed E-state index contributed by atoms with van der Waals surface area (Å²) in [5.41, 5.74) is 1.82. The van der Waals surface area contributed by atoms with Crippen molar-refractivity contribution < 1.29 is 14.1 Å². The number of benzene rings is 1. The van der Waals surface area contributed by atoms with Gasteiger partial charge in [-0.3, -0.25) is 4.79 Å². The van der Waals surface area contributed by atoms with Crippen molar-refractivity contribution in [1.82, 2.24) is 10.5 Å². The number of hydrogen-bond donors (Lipinski definition) is 1. The molecule has 1 aromatic carbocycles. The van der Waals surface area contributed by atoms with E-state index in [-0.39, 0.29) is 5.91 Å². The van der Waals surface area contributed by atoms with E-state index >= 15 is 0 Å². The van der Waals surface area contributed by atoms with Gasteiger partial charge < -0.3 is 14.6 Å². The number of hydrogen-bond acceptors (Lipinski definition) is 5. The second kappa shape index (κ2) is 7.79. The summed E-state index contributed by atoms with van der Waals surface area (Å²) in [4.78, 5) is 13.0. The molecule has 3 rings (SSSR count). The SMILES string of the molecule is COc1ccc(CCC(=O)NCc2cc(-c3cccs3)on2)cc1. The molecule has 3 aromatic rings. The summed E-state index contributed by atoms with van der Waals surface area (Å²) in [6.07, 6.45) is 1.12. The molecule has 0 unspecified atom stereocenters. The molecule has 0 saturated heterocycles. The first kappa shape index (κ1) is 16.3. The lowest BCUT2D eigenvalue weighted by Gasteiger charge is -2.04. The van der Waals surface area contributed by atoms with Crippen molar-refractivity contribution in [3.05, 3.63) is 59.1 Å². The van der Waals surface area contributed by atoms with Gasteiger partial charge in [-0.1, -0.05) is 23.4 Å². The number of ether oxygens (including phenoxy) is 1. The Morgan fingerprint density at radius 3 is 2.83 bits per heavy atom. The number of nitrogens with one attached hydrogen (secondary N) is 1. The van der Waals surface area contributed by atoms with Gasteiger partial charge in [-0.25, -0.2) is 0 Å². The third kappa shape index (κ3) is 4.23. The Balaban J connectivity index is 1.45. The zero-order chi connectivity index (χ0) is 16.8. The molecular formula is C18H18N2O3S. The molecule has 0 spiro atoms. The van der Waals surface area contributed by atoms with Crippen molar-refractivity contribution in [2.24, 2.45) is 0 Å². The first-order valence-corrected chi connectivity index (χ1v) is 8.51. The maximum absolute atomic E-state index is 12.0. The molecule has 0 aliphatic carbocycles. The van der Waals surface area contributed by atoms with Gasteiger partial charge in [0.1, 0.15) is 11.4 Å². The first-order chi connectivity index (χ1) is 11.7. The van der Waals surface area contributed by atoms with Gasteiger partial charge in [0.2, 0.25) is 5.91 Å². The number of carbonyl (C=O) groups excluding carboxylic acids is 1. The fraction of sp³-hybridized carbons (Fsp3) is 0.222. The van der Waals surface area contributed by atoms with Crippen LogP contribution in [0.25, 0.3) is 10.6 Å². The highest BCUT2D eigenvalue weighted by molar-refractivity contribution is 7.13. The molecular weight excluding hydrogens is 324 g/mol. The average molecular weight is 342 g/mol. The van der Waals surface area contributed by atoms with Gasteiger partial charge in [0, 0.05) is 12.5 Å². The van der Waals surface area contributed by atoms with Crippen LogP contribution in [0.2, 0.25) is 0 Å². The van der Waals surface area contributed by atoms with E-state index in [4.69, 9.17) is 9.26 Å². The van der Waals surface area contributed by atoms with E-state index in [0.29, 0.717) is 19.4 Å². The number of nitrogens with zero attached hydrogens (tertiary/aromatic N) is 1. The summed E-state index contributed by atoms with van der Waals surface area (Å²) in [6, 6.07) is 13.5. The molecule has 2 heterocycles. The van der Waals surface area contributed by atoms with Crippen LogP contribution in [0, 0.1) is 0 Å². The summed E-state index contributed by atoms with van der Waals surface area (Å²) in [7, 11) is 1.64. The predicted molar refractivity (Wildman–Crippen MR) is 93.0 cm³/mol. The summed E-state index contributed by atoms with van der Waals surface area (Å²) >= 11 is 1.59. The lowest BCUT2D eigenvalue weighted by atomic mass is 10.1. The largest absolute Gasteiger partial charge is 0.497 e. The van der Waals surface area contributed by atoms with Gasteiger partial charge in [0.05, 0.1) is 18.5 Å². The van der Waals surface area contributed by atoms with E-state index in [1.54, 1.807) is 18.4 Å². The Labute approximate surface area is 144 Å². The summed E-state index contributed by atoms with van der Waals surface area (Å²) in [6.45, 7) is 0.371. The highest BCUT2D eigenvalue weighted by atomic mass is 32.1. The Morgan fingerprint density at radius 2 is 2.12 bits per heavy atom. The van der Waals surface area contributed by atoms with Crippen LogP contribution in [0.3, 0.4) is 0 Å². The average Bonchev–Trinajstić information content (AvgIpc) is 3.29. The van der Waals surface area contributed by atoms with Crippen molar-refractivity contribution >= 4 is 17.2 Å². The molecule has 0 aliphatic heterocycles. The van der Waals surface area contributed by atoms with Crippen LogP contribution in [0.15, 0.2) is 52.4 Å². The van der Waals surface area contributed by atoms with Gasteiger partial charge in [-0.2, -0.15) is 0 Å². The van der Waals surface area contributed by atoms with Crippen LogP contribution in [0.1, 0.15) is 17.7 Å². The Kier molecular flexibility index (Phi) is 5.28. The van der Waals surface area contributed by atoms with E-state index in [2.05, 4.69) is 10.5 Å². The number of methoxy groups -OCH3 is 1. The Hall–Kier alpha value is -2.60. The second-order valence-corrected chi connectivity index (χ2v) is 6.23. The van der Waals surface area contributed by atoms with Gasteiger partial charge in [0.25, 0.3) is 0 Å². The van der Waals surface area contributed by atoms with Crippen LogP contribution in [0.5, 0.6) is 5.75 Å². The Morgan fingerprint density at radius 1 is 1.29 bits per heavy atom. The monoisotopic (exact) mass is 342 g/mol. The molecule has 0 bridgehead atoms. The van der Waals surface area contributed by atoms with E-state index in [9.17, 15) is 4.79 Å². The molecule has 124 valence electrons. The molecule has 24 heavy (non-hydrogen) atoms. The molecule has 0 aliphatic rings. The molecule has 5 nitrogen and oxygen atoms in total. The van der Waals surface area contributed by atoms with Crippen molar-refractivity contribution in [3.63, 3.8) is 0 Å². The third-order valence-corrected chi connectivity index (χ3v) is 4.47. The standard InChI is InChI=1S/C18H18N2O3S/c1-22-15-7-4-13(5-8-15)6-9-18(21)19-12-14-11-16(23-20-14)17-3-2-10-24-17/h2-5,7-8,10-11H,6,9,12H2,1H3,(H,19,21). The number of aryl methyl sites for hydroxylation is 1. The normalized spacial score (nSPS) is 10.5. The third-order valence-electron chi connectivity index (χ3n) is 3.59. The van der Waals surface area contributed by atoms with E-state index in [0.717, 1.165) is 27.6 Å². The lowest BCUT2D eigenvalue weighted by molar-refractivity contribution is -0.121. The van der Waals surface area contributed by atoms with Crippen LogP contribution in [0.4, 0.5) is 0 Å². The van der Waals surface area contributed by atoms with Crippen LogP contribution in [-0.2, 0) is 17.8 Å². The van der Waals surface area contributed by atoms with Crippen LogP contribution >= 0.6 is 11.3 Å². The van der Waals surface area contributed by atoms with Gasteiger partial charge in [-0.05, 0) is 35.6 Å². The number of rotatable bonds is 7. The fourth-order valence-corrected chi connectivity index (χ4v) is 2.93. The molecule has 0 atom stereocenters. The smallest absolute Gasteiger partial charge is 0.220 e. The highest BCUT2D eigenvalue weighted by Gasteiger charge is 2.09. The van der Waals surface area contributed by atoms with Crippen LogP contribution in [-0.4, -0.2) is 18.2 Å². The minimum atomic E-state index is -0.00788. The molecule has 0 saturated carbocycles. The predicted octanol–water partition coefficient (Wildman–Crippen LogP) is 3.66. The topological polar surface area (TPSA) is 64.4 Å². The van der Waals surface area contributed by atoms with E-state index < -0.39 is 0 Å². The minimum absolute atomic E-state index is 0.00788. The van der Waals surface area contributed by atoms with Gasteiger partial charge in [0.15, 0.2) is 5.76 Å². The number of aromatic nitrogens is 1. The van der Waals surface area contributed by atoms with E-state index in [1.807, 2.05) is 47.8 Å². The molecule has 1 N–H and O–H groups in total. The summed E-state index contributed by atoms with van der Waals surface area (Å²) < 4.78 is 10.4. The lowest BCUT2D eigenvalue weighted by Crippen LogP contribution is -2.23. The fourth-order valence-electron chi connectivity index (χ4n) is 2.26. The molecule has 6 heteroatoms. The summed E-state index contributed by atoms with van der Waals surface area (Å²) in [5.74, 6) is 1.54. The second-order valence-electron chi connectivity index (χ2n) is 5.28. The number of thiophene rings is 1. The quantitative estimate of drug-likeness (QED) is 0.712. The first-order valence-electron chi connectivity index (χ1n) is 7.63. The van der Waals surface area contributed by atoms with Crippen molar-refractivity contribution in [2.75, 3.05) is 7.11 Å². The maximum Gasteiger partial charge on any atom is 0.220 e. The van der Waals surface area contributed by atoms with Gasteiger partial charge in [-0.15, -0.1) is 11.3 Å². The maximum atomic E-state index is 12.0. The van der Waals surface area contributed by atoms with Crippen molar-refractivity contribution in [3.8, 4) is 16.4 Å². The number of amides is 1. The Bertz CT molecular complexity index is 779. The van der Waals surface area contributed by atoms with Gasteiger partial charge >= 0.3 is 0 Å². The summed E-state index contributed by atoms with van der Waals surface area (Å²) in [5, 5.41) is 8.84. The number of carbonyl (C=O) groups is 1. The molecule has 0 fully saturated rings. The van der Waals surface area contributed by atoms with E-state index in [1.165, 1.54) is 0 Å². The molecule has 0 radical (unpaired) electrons.